The maximum atomic E-state index is 4.80. The molecule has 0 fully saturated rings. The highest BCUT2D eigenvalue weighted by Gasteiger charge is 2.26. The molecule has 150 valence electrons. The molecule has 0 bridgehead atoms. The summed E-state index contributed by atoms with van der Waals surface area (Å²) in [6, 6.07) is 8.27. The van der Waals surface area contributed by atoms with Gasteiger partial charge in [0.25, 0.3) is 0 Å². The highest BCUT2D eigenvalue weighted by molar-refractivity contribution is 5.90. The van der Waals surface area contributed by atoms with Crippen molar-refractivity contribution in [1.29, 1.82) is 0 Å². The molecule has 3 aromatic heterocycles. The van der Waals surface area contributed by atoms with E-state index in [4.69, 9.17) is 4.98 Å². The van der Waals surface area contributed by atoms with E-state index in [0.717, 1.165) is 34.5 Å². The fourth-order valence-corrected chi connectivity index (χ4v) is 3.23. The van der Waals surface area contributed by atoms with Gasteiger partial charge in [0, 0.05) is 22.9 Å². The average Bonchev–Trinajstić information content (AvgIpc) is 3.15. The third-order valence-corrected chi connectivity index (χ3v) is 4.58. The second kappa shape index (κ2) is 10.1. The van der Waals surface area contributed by atoms with Gasteiger partial charge in [-0.25, -0.2) is 9.97 Å². The van der Waals surface area contributed by atoms with Crippen LogP contribution in [-0.2, 0) is 0 Å². The van der Waals surface area contributed by atoms with E-state index in [9.17, 15) is 0 Å². The minimum Gasteiger partial charge on any atom is -0.346 e. The van der Waals surface area contributed by atoms with Crippen LogP contribution < -0.4 is 0 Å². The Kier molecular flexibility index (Phi) is 7.88. The molecule has 0 saturated carbocycles. The largest absolute Gasteiger partial charge is 0.346 e. The summed E-state index contributed by atoms with van der Waals surface area (Å²) in [7, 11) is 4.18. The van der Waals surface area contributed by atoms with E-state index in [-0.39, 0.29) is 6.04 Å². The van der Waals surface area contributed by atoms with E-state index >= 15 is 0 Å². The van der Waals surface area contributed by atoms with E-state index in [1.165, 1.54) is 17.6 Å². The Morgan fingerprint density at radius 1 is 1.11 bits per heavy atom. The van der Waals surface area contributed by atoms with Crippen LogP contribution >= 0.6 is 0 Å². The molecule has 0 aromatic carbocycles. The zero-order chi connectivity index (χ0) is 20.7. The van der Waals surface area contributed by atoms with Gasteiger partial charge < -0.3 is 4.98 Å². The molecule has 28 heavy (non-hydrogen) atoms. The van der Waals surface area contributed by atoms with Crippen LogP contribution in [0, 0.1) is 6.92 Å². The number of pyridine rings is 1. The van der Waals surface area contributed by atoms with E-state index in [0.29, 0.717) is 0 Å². The van der Waals surface area contributed by atoms with Crippen molar-refractivity contribution in [1.82, 2.24) is 24.8 Å². The van der Waals surface area contributed by atoms with E-state index < -0.39 is 0 Å². The Balaban J connectivity index is 0.000000878. The molecule has 0 saturated heterocycles. The van der Waals surface area contributed by atoms with Gasteiger partial charge in [-0.2, -0.15) is 0 Å². The van der Waals surface area contributed by atoms with Crippen LogP contribution in [0.5, 0.6) is 0 Å². The lowest BCUT2D eigenvalue weighted by molar-refractivity contribution is 0.352. The zero-order valence-electron chi connectivity index (χ0n) is 18.2. The maximum Gasteiger partial charge on any atom is 0.141 e. The normalized spacial score (nSPS) is 13.1. The van der Waals surface area contributed by atoms with Crippen LogP contribution in [0.4, 0.5) is 0 Å². The molecule has 3 heterocycles. The fourth-order valence-electron chi connectivity index (χ4n) is 3.23. The molecule has 0 radical (unpaired) electrons. The summed E-state index contributed by atoms with van der Waals surface area (Å²) in [6.45, 7) is 10.6. The van der Waals surface area contributed by atoms with Gasteiger partial charge in [-0.3, -0.25) is 9.88 Å². The SMILES string of the molecule is CC/C(C)=C(\c1ncnc2[nH]ccc12)C(c1cccc(C)n1)N(C)C.CCC. The molecule has 0 aliphatic rings. The number of likely N-dealkylation sites (N-methyl/N-ethyl adjacent to an activating group) is 1. The number of fused-ring (bicyclic) bond motifs is 1. The van der Waals surface area contributed by atoms with Crippen molar-refractivity contribution >= 4 is 16.6 Å². The van der Waals surface area contributed by atoms with E-state index in [1.807, 2.05) is 25.3 Å². The number of aromatic amines is 1. The molecular weight excluding hydrogens is 346 g/mol. The van der Waals surface area contributed by atoms with E-state index in [2.05, 4.69) is 73.8 Å². The standard InChI is InChI=1S/C20H25N5.C3H8/c1-6-13(2)17(18-15-10-11-21-20(15)23-12-22-18)19(25(4)5)16-9-7-8-14(3)24-16;1-3-2/h7-12,19H,6H2,1-5H3,(H,21,22,23);3H2,1-2H3/b17-13+;. The minimum atomic E-state index is 0.0350. The molecular formula is C23H33N5. The number of rotatable bonds is 5. The van der Waals surface area contributed by atoms with E-state index in [1.54, 1.807) is 6.33 Å². The molecule has 1 N–H and O–H groups in total. The van der Waals surface area contributed by atoms with Crippen LogP contribution in [0.25, 0.3) is 16.6 Å². The summed E-state index contributed by atoms with van der Waals surface area (Å²) in [5.41, 5.74) is 6.41. The topological polar surface area (TPSA) is 57.7 Å². The molecule has 1 unspecified atom stereocenters. The molecule has 5 heteroatoms. The van der Waals surface area contributed by atoms with Gasteiger partial charge in [0.1, 0.15) is 12.0 Å². The Bertz CT molecular complexity index is 923. The summed E-state index contributed by atoms with van der Waals surface area (Å²) in [5.74, 6) is 0. The predicted octanol–water partition coefficient (Wildman–Crippen LogP) is 5.56. The Morgan fingerprint density at radius 2 is 1.82 bits per heavy atom. The van der Waals surface area contributed by atoms with Gasteiger partial charge in [-0.05, 0) is 52.6 Å². The molecule has 0 spiro atoms. The third kappa shape index (κ3) is 4.84. The number of aromatic nitrogens is 4. The number of H-pyrrole nitrogens is 1. The first-order valence-corrected chi connectivity index (χ1v) is 10.0. The molecule has 0 aliphatic carbocycles. The summed E-state index contributed by atoms with van der Waals surface area (Å²) in [6.07, 6.45) is 5.76. The second-order valence-corrected chi connectivity index (χ2v) is 7.29. The zero-order valence-corrected chi connectivity index (χ0v) is 18.2. The number of allylic oxidation sites excluding steroid dienone is 1. The van der Waals surface area contributed by atoms with Crippen LogP contribution in [0.3, 0.4) is 0 Å². The first-order valence-electron chi connectivity index (χ1n) is 10.0. The lowest BCUT2D eigenvalue weighted by atomic mass is 9.91. The van der Waals surface area contributed by atoms with Crippen LogP contribution in [0.1, 0.15) is 63.7 Å². The lowest BCUT2D eigenvalue weighted by Gasteiger charge is -2.28. The molecule has 0 amide bonds. The minimum absolute atomic E-state index is 0.0350. The molecule has 5 nitrogen and oxygen atoms in total. The van der Waals surface area contributed by atoms with Crippen molar-refractivity contribution in [3.63, 3.8) is 0 Å². The number of hydrogen-bond donors (Lipinski definition) is 1. The Morgan fingerprint density at radius 3 is 2.43 bits per heavy atom. The van der Waals surface area contributed by atoms with Gasteiger partial charge >= 0.3 is 0 Å². The Hall–Kier alpha value is -2.53. The van der Waals surface area contributed by atoms with Crippen LogP contribution in [0.2, 0.25) is 0 Å². The first kappa shape index (κ1) is 21.8. The van der Waals surface area contributed by atoms with Gasteiger partial charge in [0.15, 0.2) is 0 Å². The van der Waals surface area contributed by atoms with Crippen molar-refractivity contribution in [2.45, 2.75) is 53.5 Å². The summed E-state index contributed by atoms with van der Waals surface area (Å²) in [4.78, 5) is 19.2. The maximum absolute atomic E-state index is 4.80. The van der Waals surface area contributed by atoms with Gasteiger partial charge in [0.05, 0.1) is 17.4 Å². The highest BCUT2D eigenvalue weighted by atomic mass is 15.1. The molecule has 1 atom stereocenters. The number of hydrogen-bond acceptors (Lipinski definition) is 4. The summed E-state index contributed by atoms with van der Waals surface area (Å²) in [5, 5.41) is 1.05. The second-order valence-electron chi connectivity index (χ2n) is 7.29. The first-order chi connectivity index (χ1) is 13.4. The summed E-state index contributed by atoms with van der Waals surface area (Å²) < 4.78 is 0. The number of nitrogens with zero attached hydrogens (tertiary/aromatic N) is 4. The van der Waals surface area contributed by atoms with Gasteiger partial charge in [-0.1, -0.05) is 38.8 Å². The Labute approximate surface area is 168 Å². The van der Waals surface area contributed by atoms with Gasteiger partial charge in [0.2, 0.25) is 0 Å². The molecule has 0 aliphatic heterocycles. The lowest BCUT2D eigenvalue weighted by Crippen LogP contribution is -2.24. The van der Waals surface area contributed by atoms with Crippen molar-refractivity contribution in [2.75, 3.05) is 14.1 Å². The molecule has 3 rings (SSSR count). The molecule has 3 aromatic rings. The van der Waals surface area contributed by atoms with Crippen molar-refractivity contribution in [3.8, 4) is 0 Å². The van der Waals surface area contributed by atoms with Crippen molar-refractivity contribution < 1.29 is 0 Å². The summed E-state index contributed by atoms with van der Waals surface area (Å²) >= 11 is 0. The monoisotopic (exact) mass is 379 g/mol. The van der Waals surface area contributed by atoms with Crippen molar-refractivity contribution in [3.05, 3.63) is 59.4 Å². The smallest absolute Gasteiger partial charge is 0.141 e. The van der Waals surface area contributed by atoms with Gasteiger partial charge in [-0.15, -0.1) is 0 Å². The van der Waals surface area contributed by atoms with Crippen molar-refractivity contribution in [2.24, 2.45) is 0 Å². The predicted molar refractivity (Wildman–Crippen MR) is 118 cm³/mol. The quantitative estimate of drug-likeness (QED) is 0.630. The highest BCUT2D eigenvalue weighted by Crippen LogP contribution is 2.37. The van der Waals surface area contributed by atoms with Crippen LogP contribution in [0.15, 0.2) is 42.4 Å². The number of nitrogens with one attached hydrogen (secondary N) is 1. The third-order valence-electron chi connectivity index (χ3n) is 4.58. The average molecular weight is 380 g/mol. The number of aryl methyl sites for hydroxylation is 1. The fraction of sp³-hybridized carbons (Fsp3) is 0.435. The van der Waals surface area contributed by atoms with Crippen LogP contribution in [-0.4, -0.2) is 38.9 Å².